The summed E-state index contributed by atoms with van der Waals surface area (Å²) in [6, 6.07) is -1.04. The number of piperidine rings is 1. The molecule has 0 saturated carbocycles. The molecule has 1 aromatic rings. The molecule has 1 aromatic carbocycles. The molecule has 0 aromatic heterocycles. The Labute approximate surface area is 141 Å². The second-order valence-corrected chi connectivity index (χ2v) is 6.56. The Morgan fingerprint density at radius 2 is 2.45 bits per heavy atom. The van der Waals surface area contributed by atoms with Gasteiger partial charge in [-0.3, -0.25) is 0 Å². The Hall–Kier alpha value is -1.52. The second-order valence-electron chi connectivity index (χ2n) is 6.56. The minimum atomic E-state index is -2.83. The number of benzene rings is 1. The van der Waals surface area contributed by atoms with Crippen LogP contribution in [0.25, 0.3) is 0 Å². The Morgan fingerprint density at radius 3 is 3.32 bits per heavy atom. The van der Waals surface area contributed by atoms with Crippen molar-refractivity contribution in [1.29, 1.82) is 0 Å². The van der Waals surface area contributed by atoms with Crippen molar-refractivity contribution in [2.75, 3.05) is 20.6 Å². The first-order valence-corrected chi connectivity index (χ1v) is 7.51. The molecule has 4 heteroatoms. The van der Waals surface area contributed by atoms with Gasteiger partial charge in [0.25, 0.3) is 0 Å². The average Bonchev–Trinajstić information content (AvgIpc) is 2.95. The topological polar surface area (TPSA) is 41.9 Å². The maximum Gasteiger partial charge on any atom is 0.165 e. The SMILES string of the molecule is [2H]c1c([2H])c(OC([2H])([2H])[2H])c2c3c1C[C@@H]1[C@@H]4C=CC(O)C(O2)[C@]34CCN1C([2H])([2H])[2H]. The lowest BCUT2D eigenvalue weighted by atomic mass is 9.53. The number of methoxy groups -OCH3 is 1. The maximum absolute atomic E-state index is 10.7. The van der Waals surface area contributed by atoms with E-state index in [4.69, 9.17) is 20.4 Å². The van der Waals surface area contributed by atoms with E-state index in [9.17, 15) is 5.11 Å². The third-order valence-corrected chi connectivity index (χ3v) is 5.80. The zero-order chi connectivity index (χ0) is 21.8. The third-order valence-electron chi connectivity index (χ3n) is 5.80. The standard InChI is InChI=1S/C18H21NO3/c1-19-8-7-18-11-4-5-13(20)17(18)22-16-14(21-2)6-3-10(15(16)18)9-12(11)19/h3-6,11-13,17,20H,7-9H2,1-2H3/t11-,12+,13?,17?,18-/m0/s1/i1D3,2D3,3D,6D. The van der Waals surface area contributed by atoms with Crippen LogP contribution in [0, 0.1) is 5.92 Å². The van der Waals surface area contributed by atoms with Gasteiger partial charge >= 0.3 is 0 Å². The number of likely N-dealkylation sites (tertiary alicyclic amines) is 1. The van der Waals surface area contributed by atoms with Crippen LogP contribution < -0.4 is 9.47 Å². The van der Waals surface area contributed by atoms with Crippen molar-refractivity contribution in [2.45, 2.75) is 36.5 Å². The van der Waals surface area contributed by atoms with Crippen molar-refractivity contribution in [1.82, 2.24) is 4.90 Å². The number of likely N-dealkylation sites (N-methyl/N-ethyl adjacent to an activating group) is 1. The average molecular weight is 307 g/mol. The molecule has 2 bridgehead atoms. The molecule has 1 saturated heterocycles. The monoisotopic (exact) mass is 307 g/mol. The van der Waals surface area contributed by atoms with E-state index in [0.29, 0.717) is 17.5 Å². The maximum atomic E-state index is 10.7. The van der Waals surface area contributed by atoms with Gasteiger partial charge in [0, 0.05) is 27.1 Å². The van der Waals surface area contributed by atoms with Crippen LogP contribution in [0.3, 0.4) is 0 Å². The van der Waals surface area contributed by atoms with Crippen molar-refractivity contribution in [3.63, 3.8) is 0 Å². The molecule has 5 rings (SSSR count). The van der Waals surface area contributed by atoms with Crippen molar-refractivity contribution in [3.05, 3.63) is 35.4 Å². The van der Waals surface area contributed by atoms with Gasteiger partial charge in [0.05, 0.1) is 13.9 Å². The van der Waals surface area contributed by atoms with E-state index in [1.165, 1.54) is 4.90 Å². The number of hydrogen-bond donors (Lipinski definition) is 1. The zero-order valence-corrected chi connectivity index (χ0v) is 11.8. The largest absolute Gasteiger partial charge is 0.493 e. The van der Waals surface area contributed by atoms with Crippen LogP contribution in [-0.2, 0) is 11.8 Å². The molecule has 2 aliphatic carbocycles. The smallest absolute Gasteiger partial charge is 0.165 e. The van der Waals surface area contributed by atoms with Gasteiger partial charge in [-0.2, -0.15) is 0 Å². The predicted octanol–water partition coefficient (Wildman–Crippen LogP) is 1.50. The number of aliphatic hydroxyl groups is 1. The highest BCUT2D eigenvalue weighted by Gasteiger charge is 2.64. The zero-order valence-electron chi connectivity index (χ0n) is 19.8. The lowest BCUT2D eigenvalue weighted by molar-refractivity contribution is -0.0453. The van der Waals surface area contributed by atoms with E-state index in [0.717, 1.165) is 0 Å². The molecule has 1 fully saturated rings. The number of aliphatic hydroxyl groups excluding tert-OH is 1. The van der Waals surface area contributed by atoms with Crippen molar-refractivity contribution >= 4 is 0 Å². The quantitative estimate of drug-likeness (QED) is 0.799. The molecule has 4 nitrogen and oxygen atoms in total. The number of ether oxygens (including phenoxy) is 2. The Balaban J connectivity index is 1.78. The highest BCUT2D eigenvalue weighted by Crippen LogP contribution is 2.62. The van der Waals surface area contributed by atoms with Crippen molar-refractivity contribution in [3.8, 4) is 11.5 Å². The fourth-order valence-electron chi connectivity index (χ4n) is 4.96. The molecule has 22 heavy (non-hydrogen) atoms. The molecule has 2 aliphatic heterocycles. The van der Waals surface area contributed by atoms with Gasteiger partial charge in [0.2, 0.25) is 0 Å². The number of nitrogens with zero attached hydrogens (tertiary/aromatic N) is 1. The summed E-state index contributed by atoms with van der Waals surface area (Å²) in [5, 5.41) is 10.7. The van der Waals surface area contributed by atoms with Crippen LogP contribution in [0.15, 0.2) is 24.2 Å². The van der Waals surface area contributed by atoms with Crippen LogP contribution >= 0.6 is 0 Å². The van der Waals surface area contributed by atoms with Gasteiger partial charge < -0.3 is 19.5 Å². The van der Waals surface area contributed by atoms with Gasteiger partial charge in [-0.05, 0) is 38.0 Å². The minimum Gasteiger partial charge on any atom is -0.493 e. The van der Waals surface area contributed by atoms with Crippen LogP contribution in [0.4, 0.5) is 0 Å². The third kappa shape index (κ3) is 1.28. The van der Waals surface area contributed by atoms with Crippen molar-refractivity contribution in [2.24, 2.45) is 5.92 Å². The van der Waals surface area contributed by atoms with Crippen LogP contribution in [0.5, 0.6) is 11.5 Å². The molecule has 4 aliphatic rings. The van der Waals surface area contributed by atoms with Crippen LogP contribution in [0.2, 0.25) is 0 Å². The first-order valence-electron chi connectivity index (χ1n) is 11.5. The molecule has 0 radical (unpaired) electrons. The summed E-state index contributed by atoms with van der Waals surface area (Å²) < 4.78 is 74.3. The molecular formula is C18H21NO3. The normalized spacial score (nSPS) is 47.5. The summed E-state index contributed by atoms with van der Waals surface area (Å²) in [7, 11) is -2.83. The fraction of sp³-hybridized carbons (Fsp3) is 0.556. The molecular weight excluding hydrogens is 278 g/mol. The van der Waals surface area contributed by atoms with Gasteiger partial charge in [-0.1, -0.05) is 18.2 Å². The molecule has 0 amide bonds. The highest BCUT2D eigenvalue weighted by atomic mass is 16.5. The van der Waals surface area contributed by atoms with E-state index >= 15 is 0 Å². The highest BCUT2D eigenvalue weighted by molar-refractivity contribution is 5.62. The minimum absolute atomic E-state index is 0.0978. The van der Waals surface area contributed by atoms with E-state index < -0.39 is 43.7 Å². The molecule has 2 heterocycles. The summed E-state index contributed by atoms with van der Waals surface area (Å²) in [5.41, 5.74) is 0.288. The lowest BCUT2D eigenvalue weighted by Gasteiger charge is -2.56. The summed E-state index contributed by atoms with van der Waals surface area (Å²) in [6.45, 7) is -2.07. The first kappa shape index (κ1) is 7.37. The molecule has 1 spiro atoms. The summed E-state index contributed by atoms with van der Waals surface area (Å²) in [6.07, 6.45) is 2.26. The molecule has 2 unspecified atom stereocenters. The van der Waals surface area contributed by atoms with E-state index in [1.54, 1.807) is 6.08 Å². The summed E-state index contributed by atoms with van der Waals surface area (Å²) >= 11 is 0. The molecule has 116 valence electrons. The van der Waals surface area contributed by atoms with Crippen molar-refractivity contribution < 1.29 is 25.5 Å². The lowest BCUT2D eigenvalue weighted by Crippen LogP contribution is -2.64. The Morgan fingerprint density at radius 1 is 1.50 bits per heavy atom. The first-order chi connectivity index (χ1) is 13.9. The van der Waals surface area contributed by atoms with Gasteiger partial charge in [0.1, 0.15) is 12.2 Å². The fourth-order valence-corrected chi connectivity index (χ4v) is 4.96. The van der Waals surface area contributed by atoms with E-state index in [1.807, 2.05) is 6.08 Å². The summed E-state index contributed by atoms with van der Waals surface area (Å²) in [4.78, 5) is 1.46. The summed E-state index contributed by atoms with van der Waals surface area (Å²) in [5.74, 6) is -0.503. The number of hydrogen-bond acceptors (Lipinski definition) is 4. The molecule has 1 N–H and O–H groups in total. The Kier molecular flexibility index (Phi) is 1.36. The Bertz CT molecular complexity index is 958. The molecule has 5 atom stereocenters. The van der Waals surface area contributed by atoms with E-state index in [2.05, 4.69) is 0 Å². The van der Waals surface area contributed by atoms with Crippen LogP contribution in [0.1, 0.15) is 28.5 Å². The van der Waals surface area contributed by atoms with Gasteiger partial charge in [-0.15, -0.1) is 0 Å². The van der Waals surface area contributed by atoms with E-state index in [-0.39, 0.29) is 36.4 Å². The van der Waals surface area contributed by atoms with Gasteiger partial charge in [-0.25, -0.2) is 0 Å². The predicted molar refractivity (Wildman–Crippen MR) is 82.5 cm³/mol. The second kappa shape index (κ2) is 4.06. The van der Waals surface area contributed by atoms with Gasteiger partial charge in [0.15, 0.2) is 11.5 Å². The van der Waals surface area contributed by atoms with Crippen LogP contribution in [-0.4, -0.2) is 48.8 Å². The number of rotatable bonds is 1.